The highest BCUT2D eigenvalue weighted by molar-refractivity contribution is 7.89. The molecule has 0 fully saturated rings. The summed E-state index contributed by atoms with van der Waals surface area (Å²) < 4.78 is 39.9. The van der Waals surface area contributed by atoms with Crippen LogP contribution in [0.25, 0.3) is 0 Å². The van der Waals surface area contributed by atoms with Gasteiger partial charge in [0.15, 0.2) is 0 Å². The second kappa shape index (κ2) is 7.01. The fourth-order valence-corrected chi connectivity index (χ4v) is 3.12. The summed E-state index contributed by atoms with van der Waals surface area (Å²) >= 11 is 0. The molecule has 4 N–H and O–H groups in total. The van der Waals surface area contributed by atoms with E-state index in [0.717, 1.165) is 18.6 Å². The molecule has 0 aliphatic carbocycles. The zero-order valence-corrected chi connectivity index (χ0v) is 12.5. The molecule has 0 radical (unpaired) electrons. The number of hydrogen-bond donors (Lipinski definition) is 3. The third-order valence-corrected chi connectivity index (χ3v) is 4.66. The number of aliphatic hydroxyl groups is 1. The van der Waals surface area contributed by atoms with Crippen LogP contribution in [0.4, 0.5) is 10.1 Å². The van der Waals surface area contributed by atoms with Crippen molar-refractivity contribution < 1.29 is 17.9 Å². The Balaban J connectivity index is 2.72. The van der Waals surface area contributed by atoms with Crippen molar-refractivity contribution in [2.24, 2.45) is 5.92 Å². The van der Waals surface area contributed by atoms with Crippen molar-refractivity contribution in [1.29, 1.82) is 0 Å². The molecule has 0 saturated heterocycles. The zero-order valence-electron chi connectivity index (χ0n) is 11.7. The Morgan fingerprint density at radius 2 is 2.10 bits per heavy atom. The molecule has 0 spiro atoms. The Morgan fingerprint density at radius 1 is 1.45 bits per heavy atom. The minimum Gasteiger partial charge on any atom is -0.396 e. The molecule has 1 atom stereocenters. The third-order valence-electron chi connectivity index (χ3n) is 3.06. The Morgan fingerprint density at radius 3 is 2.70 bits per heavy atom. The molecule has 1 rings (SSSR count). The molecule has 0 heterocycles. The van der Waals surface area contributed by atoms with Gasteiger partial charge in [-0.3, -0.25) is 0 Å². The number of benzene rings is 1. The van der Waals surface area contributed by atoms with Crippen LogP contribution in [-0.4, -0.2) is 26.7 Å². The van der Waals surface area contributed by atoms with Crippen molar-refractivity contribution in [1.82, 2.24) is 4.72 Å². The van der Waals surface area contributed by atoms with Crippen molar-refractivity contribution in [3.8, 4) is 0 Å². The molecule has 114 valence electrons. The molecule has 0 aliphatic heterocycles. The van der Waals surface area contributed by atoms with Crippen molar-refractivity contribution in [2.75, 3.05) is 18.9 Å². The van der Waals surface area contributed by atoms with Gasteiger partial charge in [0, 0.05) is 13.2 Å². The van der Waals surface area contributed by atoms with E-state index in [2.05, 4.69) is 4.72 Å². The number of aliphatic hydroxyl groups excluding tert-OH is 1. The SMILES string of the molecule is Cc1cc(F)c(N)cc1S(=O)(=O)NCCCC(C)CO. The Kier molecular flexibility index (Phi) is 5.91. The smallest absolute Gasteiger partial charge is 0.240 e. The standard InChI is InChI=1S/C13H21FN2O3S/c1-9(8-17)4-3-5-16-20(18,19)13-7-12(15)11(14)6-10(13)2/h6-7,9,16-17H,3-5,8,15H2,1-2H3. The van der Waals surface area contributed by atoms with Gasteiger partial charge in [0.25, 0.3) is 0 Å². The van der Waals surface area contributed by atoms with Crippen LogP contribution in [0.3, 0.4) is 0 Å². The van der Waals surface area contributed by atoms with E-state index in [9.17, 15) is 12.8 Å². The number of anilines is 1. The predicted octanol–water partition coefficient (Wildman–Crippen LogP) is 1.40. The van der Waals surface area contributed by atoms with E-state index in [1.807, 2.05) is 6.92 Å². The maximum atomic E-state index is 13.2. The molecule has 5 nitrogen and oxygen atoms in total. The lowest BCUT2D eigenvalue weighted by molar-refractivity contribution is 0.228. The van der Waals surface area contributed by atoms with Gasteiger partial charge in [-0.25, -0.2) is 17.5 Å². The Hall–Kier alpha value is -1.18. The summed E-state index contributed by atoms with van der Waals surface area (Å²) in [5, 5.41) is 8.88. The molecule has 0 bridgehead atoms. The second-order valence-electron chi connectivity index (χ2n) is 4.97. The van der Waals surface area contributed by atoms with Crippen molar-refractivity contribution in [3.63, 3.8) is 0 Å². The Labute approximate surface area is 119 Å². The van der Waals surface area contributed by atoms with Gasteiger partial charge in [-0.05, 0) is 43.4 Å². The highest BCUT2D eigenvalue weighted by atomic mass is 32.2. The lowest BCUT2D eigenvalue weighted by Crippen LogP contribution is -2.26. The zero-order chi connectivity index (χ0) is 15.3. The largest absolute Gasteiger partial charge is 0.396 e. The molecule has 20 heavy (non-hydrogen) atoms. The first-order valence-corrected chi connectivity index (χ1v) is 7.92. The number of nitrogen functional groups attached to an aromatic ring is 1. The topological polar surface area (TPSA) is 92.4 Å². The number of nitrogens with one attached hydrogen (secondary N) is 1. The average molecular weight is 304 g/mol. The Bertz CT molecular complexity index is 561. The van der Waals surface area contributed by atoms with Gasteiger partial charge in [-0.2, -0.15) is 0 Å². The third kappa shape index (κ3) is 4.43. The van der Waals surface area contributed by atoms with Crippen LogP contribution in [0.5, 0.6) is 0 Å². The fourth-order valence-electron chi connectivity index (χ4n) is 1.78. The van der Waals surface area contributed by atoms with Gasteiger partial charge in [0.05, 0.1) is 10.6 Å². The summed E-state index contributed by atoms with van der Waals surface area (Å²) in [4.78, 5) is -0.00777. The summed E-state index contributed by atoms with van der Waals surface area (Å²) in [6.07, 6.45) is 1.35. The van der Waals surface area contributed by atoms with Crippen LogP contribution in [0.2, 0.25) is 0 Å². The van der Waals surface area contributed by atoms with Crippen LogP contribution in [-0.2, 0) is 10.0 Å². The number of aryl methyl sites for hydroxylation is 1. The van der Waals surface area contributed by atoms with Crippen molar-refractivity contribution in [2.45, 2.75) is 31.6 Å². The molecule has 1 unspecified atom stereocenters. The van der Waals surface area contributed by atoms with Gasteiger partial charge in [0.1, 0.15) is 5.82 Å². The van der Waals surface area contributed by atoms with Crippen molar-refractivity contribution >= 4 is 15.7 Å². The number of rotatable bonds is 7. The van der Waals surface area contributed by atoms with E-state index in [-0.39, 0.29) is 29.7 Å². The summed E-state index contributed by atoms with van der Waals surface area (Å²) in [5.41, 5.74) is 5.53. The highest BCUT2D eigenvalue weighted by Gasteiger charge is 2.18. The molecule has 1 aromatic carbocycles. The number of hydrogen-bond acceptors (Lipinski definition) is 4. The molecule has 0 saturated carbocycles. The molecule has 1 aromatic rings. The predicted molar refractivity (Wildman–Crippen MR) is 76.2 cm³/mol. The summed E-state index contributed by atoms with van der Waals surface area (Å²) in [7, 11) is -3.69. The first-order chi connectivity index (χ1) is 9.27. The minimum atomic E-state index is -3.69. The normalized spacial score (nSPS) is 13.4. The number of halogens is 1. The van der Waals surface area contributed by atoms with Crippen LogP contribution >= 0.6 is 0 Å². The molecular weight excluding hydrogens is 283 g/mol. The maximum absolute atomic E-state index is 13.2. The molecule has 0 aliphatic rings. The molecule has 7 heteroatoms. The van der Waals surface area contributed by atoms with E-state index in [1.54, 1.807) is 0 Å². The van der Waals surface area contributed by atoms with Crippen LogP contribution < -0.4 is 10.5 Å². The summed E-state index contributed by atoms with van der Waals surface area (Å²) in [6, 6.07) is 2.24. The van der Waals surface area contributed by atoms with E-state index >= 15 is 0 Å². The lowest BCUT2D eigenvalue weighted by atomic mass is 10.1. The summed E-state index contributed by atoms with van der Waals surface area (Å²) in [6.45, 7) is 3.76. The van der Waals surface area contributed by atoms with Crippen LogP contribution in [0.15, 0.2) is 17.0 Å². The van der Waals surface area contributed by atoms with Crippen molar-refractivity contribution in [3.05, 3.63) is 23.5 Å². The van der Waals surface area contributed by atoms with E-state index in [4.69, 9.17) is 10.8 Å². The molecular formula is C13H21FN2O3S. The van der Waals surface area contributed by atoms with Crippen LogP contribution in [0, 0.1) is 18.7 Å². The minimum absolute atomic E-state index is 0.00777. The first-order valence-electron chi connectivity index (χ1n) is 6.44. The average Bonchev–Trinajstić information content (AvgIpc) is 2.38. The van der Waals surface area contributed by atoms with Gasteiger partial charge in [-0.1, -0.05) is 6.92 Å². The van der Waals surface area contributed by atoms with Gasteiger partial charge < -0.3 is 10.8 Å². The fraction of sp³-hybridized carbons (Fsp3) is 0.538. The summed E-state index contributed by atoms with van der Waals surface area (Å²) in [5.74, 6) is -0.485. The molecule has 0 amide bonds. The second-order valence-corrected chi connectivity index (χ2v) is 6.70. The number of nitrogens with two attached hydrogens (primary N) is 1. The van der Waals surface area contributed by atoms with E-state index < -0.39 is 15.8 Å². The quantitative estimate of drug-likeness (QED) is 0.524. The lowest BCUT2D eigenvalue weighted by Gasteiger charge is -2.11. The van der Waals surface area contributed by atoms with E-state index in [1.165, 1.54) is 6.92 Å². The highest BCUT2D eigenvalue weighted by Crippen LogP contribution is 2.21. The first kappa shape index (κ1) is 16.9. The molecule has 0 aromatic heterocycles. The maximum Gasteiger partial charge on any atom is 0.240 e. The van der Waals surface area contributed by atoms with Crippen LogP contribution in [0.1, 0.15) is 25.3 Å². The van der Waals surface area contributed by atoms with Gasteiger partial charge >= 0.3 is 0 Å². The van der Waals surface area contributed by atoms with Gasteiger partial charge in [0.2, 0.25) is 10.0 Å². The monoisotopic (exact) mass is 304 g/mol. The number of sulfonamides is 1. The van der Waals surface area contributed by atoms with E-state index in [0.29, 0.717) is 12.0 Å². The van der Waals surface area contributed by atoms with Gasteiger partial charge in [-0.15, -0.1) is 0 Å².